The average Bonchev–Trinajstić information content (AvgIpc) is 2.58. The molecule has 26 heavy (non-hydrogen) atoms. The second-order valence-corrected chi connectivity index (χ2v) is 8.20. The summed E-state index contributed by atoms with van der Waals surface area (Å²) < 4.78 is 0. The van der Waals surface area contributed by atoms with Gasteiger partial charge in [-0.15, -0.1) is 0 Å². The van der Waals surface area contributed by atoms with E-state index in [0.717, 1.165) is 43.6 Å². The lowest BCUT2D eigenvalue weighted by molar-refractivity contribution is 0.606. The van der Waals surface area contributed by atoms with Gasteiger partial charge in [-0.1, -0.05) is 66.5 Å². The van der Waals surface area contributed by atoms with Crippen molar-refractivity contribution in [3.8, 4) is 0 Å². The van der Waals surface area contributed by atoms with Gasteiger partial charge in [-0.3, -0.25) is 0 Å². The maximum absolute atomic E-state index is 6.13. The monoisotopic (exact) mass is 410 g/mol. The zero-order valence-electron chi connectivity index (χ0n) is 15.8. The zero-order chi connectivity index (χ0) is 18.9. The fourth-order valence-electron chi connectivity index (χ4n) is 2.39. The van der Waals surface area contributed by atoms with E-state index in [1.54, 1.807) is 11.8 Å². The summed E-state index contributed by atoms with van der Waals surface area (Å²) >= 11 is 13.9. The molecule has 1 aliphatic rings. The summed E-state index contributed by atoms with van der Waals surface area (Å²) in [4.78, 5) is 0. The van der Waals surface area contributed by atoms with Gasteiger partial charge in [0.2, 0.25) is 0 Å². The van der Waals surface area contributed by atoms with Gasteiger partial charge in [0, 0.05) is 6.54 Å². The lowest BCUT2D eigenvalue weighted by atomic mass is 9.92. The summed E-state index contributed by atoms with van der Waals surface area (Å²) in [7, 11) is 0. The van der Waals surface area contributed by atoms with Crippen LogP contribution in [0.1, 0.15) is 58.4 Å². The molecule has 1 aromatic rings. The summed E-state index contributed by atoms with van der Waals surface area (Å²) in [5.74, 6) is 1.14. The minimum atomic E-state index is 0.591. The second kappa shape index (κ2) is 11.0. The Hall–Kier alpha value is -1.03. The van der Waals surface area contributed by atoms with E-state index >= 15 is 0 Å². The van der Waals surface area contributed by atoms with E-state index in [9.17, 15) is 0 Å². The van der Waals surface area contributed by atoms with Crippen molar-refractivity contribution in [3.05, 3.63) is 67.3 Å². The zero-order valence-corrected chi connectivity index (χ0v) is 18.1. The van der Waals surface area contributed by atoms with Crippen molar-refractivity contribution in [1.29, 1.82) is 0 Å². The highest BCUT2D eigenvalue weighted by Gasteiger charge is 2.15. The van der Waals surface area contributed by atoms with Crippen LogP contribution in [0.15, 0.2) is 51.7 Å². The summed E-state index contributed by atoms with van der Waals surface area (Å²) in [5, 5.41) is 11.8. The van der Waals surface area contributed by atoms with Crippen molar-refractivity contribution < 1.29 is 0 Å². The minimum Gasteiger partial charge on any atom is -0.368 e. The second-order valence-electron chi connectivity index (χ2n) is 6.47. The molecule has 1 aromatic carbocycles. The third-order valence-corrected chi connectivity index (χ3v) is 6.13. The van der Waals surface area contributed by atoms with Gasteiger partial charge in [-0.05, 0) is 67.7 Å². The van der Waals surface area contributed by atoms with Crippen LogP contribution in [0.5, 0.6) is 0 Å². The molecule has 0 spiro atoms. The number of hydrogen-bond donors (Lipinski definition) is 2. The first-order chi connectivity index (χ1) is 12.5. The van der Waals surface area contributed by atoms with Crippen LogP contribution in [0.3, 0.4) is 0 Å². The molecule has 2 nitrogen and oxygen atoms in total. The maximum atomic E-state index is 6.13. The predicted molar refractivity (Wildman–Crippen MR) is 117 cm³/mol. The maximum Gasteiger partial charge on any atom is 0.103 e. The van der Waals surface area contributed by atoms with Crippen molar-refractivity contribution in [2.75, 3.05) is 0 Å². The fraction of sp³-hybridized carbons (Fsp3) is 0.429. The van der Waals surface area contributed by atoms with E-state index in [4.69, 9.17) is 23.2 Å². The molecule has 0 unspecified atom stereocenters. The van der Waals surface area contributed by atoms with E-state index in [1.165, 1.54) is 22.6 Å². The average molecular weight is 411 g/mol. The van der Waals surface area contributed by atoms with Crippen LogP contribution in [0.2, 0.25) is 10.0 Å². The van der Waals surface area contributed by atoms with Gasteiger partial charge in [0.25, 0.3) is 0 Å². The molecular formula is C21H28Cl2N2S. The predicted octanol–water partition coefficient (Wildman–Crippen LogP) is 7.37. The van der Waals surface area contributed by atoms with Crippen LogP contribution in [0.25, 0.3) is 0 Å². The highest BCUT2D eigenvalue weighted by atomic mass is 35.5. The molecule has 0 radical (unpaired) electrons. The molecule has 0 atom stereocenters. The lowest BCUT2D eigenvalue weighted by Gasteiger charge is -2.25. The van der Waals surface area contributed by atoms with Crippen LogP contribution >= 0.6 is 35.0 Å². The van der Waals surface area contributed by atoms with Crippen LogP contribution in [-0.4, -0.2) is 0 Å². The van der Waals surface area contributed by atoms with Crippen LogP contribution in [0, 0.1) is 0 Å². The minimum absolute atomic E-state index is 0.591. The summed E-state index contributed by atoms with van der Waals surface area (Å²) in [6.07, 6.45) is 7.91. The van der Waals surface area contributed by atoms with Gasteiger partial charge in [0.15, 0.2) is 0 Å². The van der Waals surface area contributed by atoms with Crippen molar-refractivity contribution >= 4 is 35.0 Å². The quantitative estimate of drug-likeness (QED) is 0.444. The molecule has 0 saturated heterocycles. The summed E-state index contributed by atoms with van der Waals surface area (Å²) in [6.45, 7) is 7.24. The van der Waals surface area contributed by atoms with Crippen molar-refractivity contribution in [2.45, 2.75) is 59.4 Å². The van der Waals surface area contributed by atoms with E-state index in [0.29, 0.717) is 10.0 Å². The first kappa shape index (κ1) is 21.3. The van der Waals surface area contributed by atoms with Gasteiger partial charge >= 0.3 is 0 Å². The number of rotatable bonds is 9. The van der Waals surface area contributed by atoms with Gasteiger partial charge in [0.05, 0.1) is 15.1 Å². The van der Waals surface area contributed by atoms with Crippen molar-refractivity contribution in [2.24, 2.45) is 0 Å². The van der Waals surface area contributed by atoms with Gasteiger partial charge in [-0.25, -0.2) is 0 Å². The van der Waals surface area contributed by atoms with Crippen LogP contribution in [0.4, 0.5) is 0 Å². The SMILES string of the molecule is CC/C=C(\NC(NCc1ccc(Cl)c(Cl)c1)=C1CCC1)S/C=C(\C)CC. The number of thioether (sulfide) groups is 1. The van der Waals surface area contributed by atoms with Crippen LogP contribution in [-0.2, 0) is 6.54 Å². The number of hydrogen-bond acceptors (Lipinski definition) is 3. The van der Waals surface area contributed by atoms with Crippen molar-refractivity contribution in [3.63, 3.8) is 0 Å². The molecule has 0 aromatic heterocycles. The standard InChI is InChI=1S/C21H28Cl2N2S/c1-4-7-20(26-14-15(3)5-2)25-21(17-8-6-9-17)24-13-16-10-11-18(22)19(23)12-16/h7,10-12,14,24-25H,4-6,8-9,13H2,1-3H3/b15-14+,20-7+. The molecule has 1 fully saturated rings. The van der Waals surface area contributed by atoms with Gasteiger partial charge < -0.3 is 10.6 Å². The smallest absolute Gasteiger partial charge is 0.103 e. The first-order valence-corrected chi connectivity index (χ1v) is 10.9. The van der Waals surface area contributed by atoms with E-state index < -0.39 is 0 Å². The van der Waals surface area contributed by atoms with E-state index in [1.807, 2.05) is 18.2 Å². The molecule has 0 aliphatic heterocycles. The highest BCUT2D eigenvalue weighted by Crippen LogP contribution is 2.29. The Labute approximate surface area is 172 Å². The normalized spacial score (nSPS) is 14.9. The Morgan fingerprint density at radius 2 is 1.96 bits per heavy atom. The molecule has 0 heterocycles. The summed E-state index contributed by atoms with van der Waals surface area (Å²) in [5.41, 5.74) is 3.97. The molecule has 2 N–H and O–H groups in total. The Kier molecular flexibility index (Phi) is 8.97. The van der Waals surface area contributed by atoms with Gasteiger partial charge in [-0.2, -0.15) is 0 Å². The number of nitrogens with one attached hydrogen (secondary N) is 2. The van der Waals surface area contributed by atoms with E-state index in [-0.39, 0.29) is 0 Å². The number of benzene rings is 1. The van der Waals surface area contributed by atoms with Crippen LogP contribution < -0.4 is 10.6 Å². The molecule has 142 valence electrons. The fourth-order valence-corrected chi connectivity index (χ4v) is 3.63. The molecule has 1 aliphatic carbocycles. The molecular weight excluding hydrogens is 383 g/mol. The molecule has 0 amide bonds. The largest absolute Gasteiger partial charge is 0.368 e. The molecule has 0 bridgehead atoms. The summed E-state index contributed by atoms with van der Waals surface area (Å²) in [6, 6.07) is 5.78. The number of allylic oxidation sites excluding steroid dienone is 3. The van der Waals surface area contributed by atoms with E-state index in [2.05, 4.69) is 42.9 Å². The van der Waals surface area contributed by atoms with Crippen molar-refractivity contribution in [1.82, 2.24) is 10.6 Å². The molecule has 1 saturated carbocycles. The first-order valence-electron chi connectivity index (χ1n) is 9.22. The third kappa shape index (κ3) is 6.61. The Morgan fingerprint density at radius 3 is 2.54 bits per heavy atom. The Bertz CT molecular complexity index is 702. The lowest BCUT2D eigenvalue weighted by Crippen LogP contribution is -2.28. The Balaban J connectivity index is 2.07. The number of halogens is 2. The topological polar surface area (TPSA) is 24.1 Å². The molecule has 5 heteroatoms. The highest BCUT2D eigenvalue weighted by molar-refractivity contribution is 8.05. The third-order valence-electron chi connectivity index (χ3n) is 4.35. The van der Waals surface area contributed by atoms with Gasteiger partial charge in [0.1, 0.15) is 5.82 Å². The Morgan fingerprint density at radius 1 is 1.19 bits per heavy atom. The molecule has 2 rings (SSSR count).